The molecule has 2 aliphatic rings. The predicted molar refractivity (Wildman–Crippen MR) is 120 cm³/mol. The summed E-state index contributed by atoms with van der Waals surface area (Å²) in [5.74, 6) is -0.650. The van der Waals surface area contributed by atoms with Crippen LogP contribution < -0.4 is 4.90 Å². The van der Waals surface area contributed by atoms with Crippen LogP contribution in [0.4, 0.5) is 14.5 Å². The fourth-order valence-electron chi connectivity index (χ4n) is 4.41. The Labute approximate surface area is 188 Å². The SMILES string of the molecule is Cc1ccc2c(c1)C1(SCCN1C(=O)c1ccc(F)cc1)C(=O)N2Cc1ccc(F)cc1. The minimum absolute atomic E-state index is 0.194. The van der Waals surface area contributed by atoms with Gasteiger partial charge < -0.3 is 9.80 Å². The van der Waals surface area contributed by atoms with Gasteiger partial charge >= 0.3 is 0 Å². The van der Waals surface area contributed by atoms with E-state index in [0.717, 1.165) is 22.4 Å². The highest BCUT2D eigenvalue weighted by Crippen LogP contribution is 2.55. The van der Waals surface area contributed by atoms with E-state index in [-0.39, 0.29) is 24.2 Å². The summed E-state index contributed by atoms with van der Waals surface area (Å²) in [4.78, 5) is 29.5. The van der Waals surface area contributed by atoms with Gasteiger partial charge in [0.15, 0.2) is 4.87 Å². The number of benzene rings is 3. The smallest absolute Gasteiger partial charge is 0.268 e. The number of amides is 2. The molecule has 1 fully saturated rings. The van der Waals surface area contributed by atoms with Gasteiger partial charge in [0.05, 0.1) is 12.2 Å². The van der Waals surface area contributed by atoms with Crippen LogP contribution in [0.1, 0.15) is 27.0 Å². The fourth-order valence-corrected chi connectivity index (χ4v) is 5.86. The third kappa shape index (κ3) is 3.19. The highest BCUT2D eigenvalue weighted by molar-refractivity contribution is 8.01. The van der Waals surface area contributed by atoms with Gasteiger partial charge in [-0.25, -0.2) is 8.78 Å². The van der Waals surface area contributed by atoms with Crippen LogP contribution in [-0.2, 0) is 16.2 Å². The molecule has 4 nitrogen and oxygen atoms in total. The van der Waals surface area contributed by atoms with Gasteiger partial charge in [-0.2, -0.15) is 0 Å². The molecule has 2 aliphatic heterocycles. The van der Waals surface area contributed by atoms with Crippen molar-refractivity contribution >= 4 is 29.3 Å². The zero-order valence-electron chi connectivity index (χ0n) is 17.3. The highest BCUT2D eigenvalue weighted by Gasteiger charge is 2.59. The number of carbonyl (C=O) groups excluding carboxylic acids is 2. The summed E-state index contributed by atoms with van der Waals surface area (Å²) in [6.45, 7) is 2.63. The van der Waals surface area contributed by atoms with Gasteiger partial charge in [-0.05, 0) is 55.0 Å². The first-order valence-corrected chi connectivity index (χ1v) is 11.3. The predicted octanol–water partition coefficient (Wildman–Crippen LogP) is 4.86. The van der Waals surface area contributed by atoms with Crippen molar-refractivity contribution in [2.75, 3.05) is 17.2 Å². The third-order valence-corrected chi connectivity index (χ3v) is 7.36. The summed E-state index contributed by atoms with van der Waals surface area (Å²) in [7, 11) is 0. The van der Waals surface area contributed by atoms with Crippen LogP contribution in [0.2, 0.25) is 0 Å². The molecule has 32 heavy (non-hydrogen) atoms. The summed E-state index contributed by atoms with van der Waals surface area (Å²) >= 11 is 1.44. The molecule has 1 unspecified atom stereocenters. The van der Waals surface area contributed by atoms with Crippen LogP contribution in [0, 0.1) is 18.6 Å². The molecule has 7 heteroatoms. The van der Waals surface area contributed by atoms with E-state index in [1.165, 1.54) is 48.2 Å². The Morgan fingerprint density at radius 2 is 1.66 bits per heavy atom. The maximum Gasteiger partial charge on any atom is 0.268 e. The zero-order chi connectivity index (χ0) is 22.5. The summed E-state index contributed by atoms with van der Waals surface area (Å²) in [5, 5.41) is 0. The van der Waals surface area contributed by atoms with Gasteiger partial charge in [-0.15, -0.1) is 11.8 Å². The summed E-state index contributed by atoms with van der Waals surface area (Å²) < 4.78 is 26.8. The molecule has 3 aromatic carbocycles. The second kappa shape index (κ2) is 7.74. The number of anilines is 1. The van der Waals surface area contributed by atoms with E-state index in [1.807, 2.05) is 25.1 Å². The van der Waals surface area contributed by atoms with E-state index in [4.69, 9.17) is 0 Å². The standard InChI is InChI=1S/C25H20F2N2O2S/c1-16-2-11-22-21(14-16)25(24(31)28(22)15-17-3-7-19(26)8-4-17)29(12-13-32-25)23(30)18-5-9-20(27)10-6-18/h2-11,14H,12-13,15H2,1H3. The molecule has 5 rings (SSSR count). The number of aryl methyl sites for hydroxylation is 1. The molecule has 2 amide bonds. The molecule has 0 bridgehead atoms. The minimum atomic E-state index is -1.17. The van der Waals surface area contributed by atoms with E-state index in [0.29, 0.717) is 17.9 Å². The zero-order valence-corrected chi connectivity index (χ0v) is 18.2. The van der Waals surface area contributed by atoms with Gasteiger partial charge in [0.1, 0.15) is 11.6 Å². The summed E-state index contributed by atoms with van der Waals surface area (Å²) in [6.07, 6.45) is 0. The number of hydrogen-bond acceptors (Lipinski definition) is 3. The molecule has 162 valence electrons. The number of rotatable bonds is 3. The maximum atomic E-state index is 13.9. The molecule has 0 aliphatic carbocycles. The molecule has 3 aromatic rings. The Bertz CT molecular complexity index is 1210. The highest BCUT2D eigenvalue weighted by atomic mass is 32.2. The van der Waals surface area contributed by atoms with E-state index in [9.17, 15) is 18.4 Å². The molecule has 1 saturated heterocycles. The molecule has 0 saturated carbocycles. The minimum Gasteiger partial charge on any atom is -0.311 e. The van der Waals surface area contributed by atoms with E-state index in [2.05, 4.69) is 0 Å². The van der Waals surface area contributed by atoms with E-state index >= 15 is 0 Å². The lowest BCUT2D eigenvalue weighted by atomic mass is 10.0. The molecule has 1 atom stereocenters. The maximum absolute atomic E-state index is 13.9. The number of thioether (sulfide) groups is 1. The van der Waals surface area contributed by atoms with E-state index in [1.54, 1.807) is 21.9 Å². The van der Waals surface area contributed by atoms with Crippen molar-refractivity contribution in [1.82, 2.24) is 4.90 Å². The van der Waals surface area contributed by atoms with Crippen molar-refractivity contribution in [3.8, 4) is 0 Å². The Morgan fingerprint density at radius 3 is 2.34 bits per heavy atom. The van der Waals surface area contributed by atoms with Crippen LogP contribution in [-0.4, -0.2) is 29.0 Å². The average molecular weight is 451 g/mol. The van der Waals surface area contributed by atoms with Crippen molar-refractivity contribution in [2.45, 2.75) is 18.3 Å². The number of carbonyl (C=O) groups is 2. The number of halogens is 2. The first-order valence-electron chi connectivity index (χ1n) is 10.3. The van der Waals surface area contributed by atoms with Crippen molar-refractivity contribution in [2.24, 2.45) is 0 Å². The van der Waals surface area contributed by atoms with Crippen LogP contribution in [0.25, 0.3) is 0 Å². The van der Waals surface area contributed by atoms with Crippen molar-refractivity contribution < 1.29 is 18.4 Å². The summed E-state index contributed by atoms with van der Waals surface area (Å²) in [6, 6.07) is 17.2. The number of hydrogen-bond donors (Lipinski definition) is 0. The van der Waals surface area contributed by atoms with Gasteiger partial charge in [0.25, 0.3) is 11.8 Å². The van der Waals surface area contributed by atoms with Crippen molar-refractivity contribution in [1.29, 1.82) is 0 Å². The molecular weight excluding hydrogens is 430 g/mol. The Balaban J connectivity index is 1.58. The lowest BCUT2D eigenvalue weighted by Crippen LogP contribution is -2.50. The molecule has 0 aromatic heterocycles. The van der Waals surface area contributed by atoms with Crippen LogP contribution in [0.5, 0.6) is 0 Å². The van der Waals surface area contributed by atoms with Crippen LogP contribution >= 0.6 is 11.8 Å². The average Bonchev–Trinajstić information content (AvgIpc) is 3.32. The van der Waals surface area contributed by atoms with Gasteiger partial charge in [0.2, 0.25) is 0 Å². The number of fused-ring (bicyclic) bond motifs is 2. The molecule has 0 N–H and O–H groups in total. The normalized spacial score (nSPS) is 19.7. The van der Waals surface area contributed by atoms with E-state index < -0.39 is 10.7 Å². The largest absolute Gasteiger partial charge is 0.311 e. The molecule has 2 heterocycles. The first kappa shape index (κ1) is 20.7. The van der Waals surface area contributed by atoms with Gasteiger partial charge in [0, 0.05) is 23.4 Å². The second-order valence-corrected chi connectivity index (χ2v) is 9.28. The lowest BCUT2D eigenvalue weighted by molar-refractivity contribution is -0.123. The quantitative estimate of drug-likeness (QED) is 0.572. The molecule has 0 radical (unpaired) electrons. The molecular formula is C25H20F2N2O2S. The number of nitrogens with zero attached hydrogens (tertiary/aromatic N) is 2. The fraction of sp³-hybridized carbons (Fsp3) is 0.200. The monoisotopic (exact) mass is 450 g/mol. The van der Waals surface area contributed by atoms with Crippen molar-refractivity contribution in [3.63, 3.8) is 0 Å². The Morgan fingerprint density at radius 1 is 1.00 bits per heavy atom. The van der Waals surface area contributed by atoms with Crippen LogP contribution in [0.15, 0.2) is 66.7 Å². The topological polar surface area (TPSA) is 40.6 Å². The van der Waals surface area contributed by atoms with Gasteiger partial charge in [-0.1, -0.05) is 29.8 Å². The first-order chi connectivity index (χ1) is 15.4. The second-order valence-electron chi connectivity index (χ2n) is 7.99. The van der Waals surface area contributed by atoms with Gasteiger partial charge in [-0.3, -0.25) is 9.59 Å². The Kier molecular flexibility index (Phi) is 5.01. The lowest BCUT2D eigenvalue weighted by Gasteiger charge is -2.33. The van der Waals surface area contributed by atoms with Crippen molar-refractivity contribution in [3.05, 3.63) is 101 Å². The Hall–Kier alpha value is -3.19. The van der Waals surface area contributed by atoms with Crippen LogP contribution in [0.3, 0.4) is 0 Å². The molecule has 1 spiro atoms. The third-order valence-electron chi connectivity index (χ3n) is 5.94. The summed E-state index contributed by atoms with van der Waals surface area (Å²) in [5.41, 5.74) is 3.65.